The summed E-state index contributed by atoms with van der Waals surface area (Å²) < 4.78 is 22.8. The van der Waals surface area contributed by atoms with Crippen LogP contribution in [0.1, 0.15) is 0 Å². The molecule has 0 unspecified atom stereocenters. The molecule has 0 aromatic carbocycles. The van der Waals surface area contributed by atoms with Crippen molar-refractivity contribution in [2.45, 2.75) is 6.10 Å². The first kappa shape index (κ1) is 10.7. The van der Waals surface area contributed by atoms with Gasteiger partial charge in [0.1, 0.15) is 6.79 Å². The fourth-order valence-electron chi connectivity index (χ4n) is 0.806. The molecule has 7 nitrogen and oxygen atoms in total. The van der Waals surface area contributed by atoms with Crippen LogP contribution in [0.3, 0.4) is 0 Å². The fraction of sp³-hybridized carbons (Fsp3) is 0.714. The van der Waals surface area contributed by atoms with Crippen LogP contribution in [-0.2, 0) is 28.5 Å². The van der Waals surface area contributed by atoms with E-state index in [0.29, 0.717) is 0 Å². The van der Waals surface area contributed by atoms with Gasteiger partial charge in [-0.1, -0.05) is 0 Å². The highest BCUT2D eigenvalue weighted by atomic mass is 16.8. The van der Waals surface area contributed by atoms with Crippen LogP contribution < -0.4 is 0 Å². The van der Waals surface area contributed by atoms with Crippen LogP contribution in [0, 0.1) is 0 Å². The number of ether oxygens (including phenoxy) is 5. The van der Waals surface area contributed by atoms with Gasteiger partial charge in [0.25, 0.3) is 0 Å². The van der Waals surface area contributed by atoms with Crippen molar-refractivity contribution in [2.24, 2.45) is 0 Å². The molecule has 0 saturated carbocycles. The average Bonchev–Trinajstić information content (AvgIpc) is 2.20. The Bertz CT molecular complexity index is 186. The molecule has 1 radical (unpaired) electrons. The second-order valence-electron chi connectivity index (χ2n) is 2.34. The maximum Gasteiger partial charge on any atom is 0.511 e. The van der Waals surface area contributed by atoms with Crippen molar-refractivity contribution in [3.8, 4) is 0 Å². The van der Waals surface area contributed by atoms with Gasteiger partial charge in [-0.15, -0.1) is 0 Å². The van der Waals surface area contributed by atoms with Crippen LogP contribution >= 0.6 is 0 Å². The lowest BCUT2D eigenvalue weighted by Gasteiger charge is -2.21. The highest BCUT2D eigenvalue weighted by molar-refractivity contribution is 5.60. The van der Waals surface area contributed by atoms with E-state index < -0.39 is 19.1 Å². The van der Waals surface area contributed by atoms with E-state index in [1.54, 1.807) is 0 Å². The maximum absolute atomic E-state index is 10.8. The van der Waals surface area contributed by atoms with Gasteiger partial charge in [0.2, 0.25) is 6.79 Å². The molecule has 7 heteroatoms. The maximum atomic E-state index is 10.8. The number of hydrogen-bond donors (Lipinski definition) is 0. The van der Waals surface area contributed by atoms with Gasteiger partial charge in [-0.3, -0.25) is 0 Å². The lowest BCUT2D eigenvalue weighted by molar-refractivity contribution is -0.159. The molecule has 0 amide bonds. The van der Waals surface area contributed by atoms with E-state index in [1.165, 1.54) is 0 Å². The van der Waals surface area contributed by atoms with Gasteiger partial charge in [0.15, 0.2) is 6.10 Å². The predicted molar refractivity (Wildman–Crippen MR) is 39.8 cm³/mol. The smallest absolute Gasteiger partial charge is 0.426 e. The highest BCUT2D eigenvalue weighted by Gasteiger charge is 2.19. The Balaban J connectivity index is 2.09. The molecule has 0 aromatic rings. The quantitative estimate of drug-likeness (QED) is 0.349. The number of rotatable bonds is 4. The molecule has 0 bridgehead atoms. The minimum absolute atomic E-state index is 0.193. The Kier molecular flexibility index (Phi) is 4.73. The zero-order chi connectivity index (χ0) is 10.2. The molecule has 0 aliphatic carbocycles. The molecule has 14 heavy (non-hydrogen) atoms. The fourth-order valence-corrected chi connectivity index (χ4v) is 0.806. The van der Waals surface area contributed by atoms with Crippen LogP contribution in [0.5, 0.6) is 0 Å². The molecule has 0 aromatic heterocycles. The summed E-state index contributed by atoms with van der Waals surface area (Å²) in [5.41, 5.74) is 0. The summed E-state index contributed by atoms with van der Waals surface area (Å²) in [6.45, 7) is 1.29. The van der Waals surface area contributed by atoms with Gasteiger partial charge in [0, 0.05) is 0 Å². The van der Waals surface area contributed by atoms with Crippen molar-refractivity contribution in [2.75, 3.05) is 26.8 Å². The molecule has 1 saturated heterocycles. The zero-order valence-electron chi connectivity index (χ0n) is 7.26. The summed E-state index contributed by atoms with van der Waals surface area (Å²) in [4.78, 5) is 20.4. The molecule has 0 spiro atoms. The van der Waals surface area contributed by atoms with Crippen LogP contribution in [0.25, 0.3) is 0 Å². The highest BCUT2D eigenvalue weighted by Crippen LogP contribution is 2.02. The minimum atomic E-state index is -0.945. The predicted octanol–water partition coefficient (Wildman–Crippen LogP) is -0.446. The number of carbonyl (C=O) groups excluding carboxylic acids is 2. The van der Waals surface area contributed by atoms with Crippen molar-refractivity contribution in [3.05, 3.63) is 0 Å². The van der Waals surface area contributed by atoms with Crippen LogP contribution in [0.2, 0.25) is 0 Å². The van der Waals surface area contributed by atoms with Crippen LogP contribution in [0.15, 0.2) is 0 Å². The molecular formula is C7H9O7. The number of carbonyl (C=O) groups is 1. The monoisotopic (exact) mass is 205 g/mol. The van der Waals surface area contributed by atoms with E-state index in [1.807, 2.05) is 0 Å². The first-order valence-corrected chi connectivity index (χ1v) is 3.80. The standard InChI is InChI=1S/C7H9O7/c8-3-12-5-13-7(9)14-6-1-10-4-11-2-6/h6H,1-2,4-5H2. The van der Waals surface area contributed by atoms with Crippen LogP contribution in [-0.4, -0.2) is 45.5 Å². The first-order valence-electron chi connectivity index (χ1n) is 3.80. The molecule has 1 rings (SSSR count). The summed E-state index contributed by atoms with van der Waals surface area (Å²) in [6, 6.07) is 0. The summed E-state index contributed by atoms with van der Waals surface area (Å²) in [7, 11) is 0. The van der Waals surface area contributed by atoms with Crippen molar-refractivity contribution in [1.29, 1.82) is 0 Å². The molecule has 0 atom stereocenters. The SMILES string of the molecule is O=[C]OCOC(=O)OC1COCOC1. The summed E-state index contributed by atoms with van der Waals surface area (Å²) in [6.07, 6.45) is -1.43. The molecular weight excluding hydrogens is 196 g/mol. The normalized spacial score (nSPS) is 17.1. The Morgan fingerprint density at radius 3 is 2.79 bits per heavy atom. The molecule has 1 fully saturated rings. The van der Waals surface area contributed by atoms with Gasteiger partial charge >= 0.3 is 12.6 Å². The van der Waals surface area contributed by atoms with Crippen molar-refractivity contribution in [1.82, 2.24) is 0 Å². The molecule has 1 heterocycles. The second-order valence-corrected chi connectivity index (χ2v) is 2.34. The van der Waals surface area contributed by atoms with E-state index in [4.69, 9.17) is 14.2 Å². The van der Waals surface area contributed by atoms with Crippen molar-refractivity contribution in [3.63, 3.8) is 0 Å². The van der Waals surface area contributed by atoms with Crippen LogP contribution in [0.4, 0.5) is 4.79 Å². The number of hydrogen-bond acceptors (Lipinski definition) is 7. The summed E-state index contributed by atoms with van der Waals surface area (Å²) in [5.74, 6) is 0. The molecule has 1 aliphatic heterocycles. The Morgan fingerprint density at radius 1 is 1.43 bits per heavy atom. The van der Waals surface area contributed by atoms with E-state index in [9.17, 15) is 9.59 Å². The third kappa shape index (κ3) is 4.06. The van der Waals surface area contributed by atoms with E-state index in [-0.39, 0.29) is 20.0 Å². The van der Waals surface area contributed by atoms with Gasteiger partial charge in [0.05, 0.1) is 13.2 Å². The van der Waals surface area contributed by atoms with Crippen molar-refractivity contribution >= 4 is 12.6 Å². The van der Waals surface area contributed by atoms with Gasteiger partial charge in [-0.05, 0) is 0 Å². The van der Waals surface area contributed by atoms with E-state index in [2.05, 4.69) is 9.47 Å². The summed E-state index contributed by atoms with van der Waals surface area (Å²) >= 11 is 0. The molecule has 0 N–H and O–H groups in total. The Labute approximate surface area is 79.8 Å². The van der Waals surface area contributed by atoms with E-state index in [0.717, 1.165) is 6.47 Å². The Hall–Kier alpha value is -1.34. The lowest BCUT2D eigenvalue weighted by Crippen LogP contribution is -2.33. The van der Waals surface area contributed by atoms with Crippen molar-refractivity contribution < 1.29 is 33.3 Å². The minimum Gasteiger partial charge on any atom is -0.426 e. The topological polar surface area (TPSA) is 80.3 Å². The van der Waals surface area contributed by atoms with Gasteiger partial charge in [-0.25, -0.2) is 9.59 Å². The largest absolute Gasteiger partial charge is 0.511 e. The zero-order valence-corrected chi connectivity index (χ0v) is 7.26. The molecule has 79 valence electrons. The van der Waals surface area contributed by atoms with E-state index >= 15 is 0 Å². The van der Waals surface area contributed by atoms with Gasteiger partial charge < -0.3 is 23.7 Å². The van der Waals surface area contributed by atoms with Gasteiger partial charge in [-0.2, -0.15) is 0 Å². The summed E-state index contributed by atoms with van der Waals surface area (Å²) in [5, 5.41) is 0. The Morgan fingerprint density at radius 2 is 2.14 bits per heavy atom. The third-order valence-electron chi connectivity index (χ3n) is 1.33. The third-order valence-corrected chi connectivity index (χ3v) is 1.33. The first-order chi connectivity index (χ1) is 6.83. The second kappa shape index (κ2) is 6.17. The lowest BCUT2D eigenvalue weighted by atomic mass is 10.4. The molecule has 1 aliphatic rings. The average molecular weight is 205 g/mol.